The van der Waals surface area contributed by atoms with Crippen LogP contribution >= 0.6 is 22.7 Å². The van der Waals surface area contributed by atoms with Gasteiger partial charge in [-0.2, -0.15) is 0 Å². The van der Waals surface area contributed by atoms with Crippen LogP contribution in [0.5, 0.6) is 0 Å². The number of hydrogen-bond acceptors (Lipinski definition) is 5. The van der Waals surface area contributed by atoms with E-state index in [1.165, 1.54) is 79.0 Å². The van der Waals surface area contributed by atoms with E-state index in [1.54, 1.807) is 0 Å². The van der Waals surface area contributed by atoms with E-state index < -0.39 is 0 Å². The zero-order valence-electron chi connectivity index (χ0n) is 30.6. The lowest BCUT2D eigenvalue weighted by Crippen LogP contribution is -2.33. The molecule has 1 N–H and O–H groups in total. The number of fused-ring (bicyclic) bond motifs is 9. The summed E-state index contributed by atoms with van der Waals surface area (Å²) >= 11 is 3.73. The highest BCUT2D eigenvalue weighted by atomic mass is 32.1. The highest BCUT2D eigenvalue weighted by Gasteiger charge is 2.26. The topological polar surface area (TPSA) is 41.7 Å². The molecule has 11 aromatic rings. The number of nitrogens with zero attached hydrogens (tertiary/aromatic N) is 3. The SMILES string of the molecule is c1ccc(C2=NC(c3ccc(-c4ccc5sc6ccccc6c5c4)c4sc5c(-n6c7ccccc7c7ccccc76)cccc5c34)=NC(c3ccccc3)N2)cc1. The van der Waals surface area contributed by atoms with Gasteiger partial charge in [0.1, 0.15) is 12.0 Å². The Morgan fingerprint density at radius 3 is 1.91 bits per heavy atom. The average Bonchev–Trinajstić information content (AvgIpc) is 3.96. The number of para-hydroxylation sites is 2. The highest BCUT2D eigenvalue weighted by molar-refractivity contribution is 7.27. The summed E-state index contributed by atoms with van der Waals surface area (Å²) in [5.41, 5.74) is 9.12. The van der Waals surface area contributed by atoms with Crippen molar-refractivity contribution < 1.29 is 0 Å². The quantitative estimate of drug-likeness (QED) is 0.186. The normalized spacial score (nSPS) is 14.5. The molecule has 1 aliphatic rings. The molecule has 0 radical (unpaired) electrons. The summed E-state index contributed by atoms with van der Waals surface area (Å²) in [6, 6.07) is 65.4. The largest absolute Gasteiger partial charge is 0.344 e. The molecule has 0 aliphatic carbocycles. The number of benzene rings is 8. The van der Waals surface area contributed by atoms with Crippen molar-refractivity contribution in [1.29, 1.82) is 0 Å². The summed E-state index contributed by atoms with van der Waals surface area (Å²) in [5.74, 6) is 1.53. The molecule has 1 unspecified atom stereocenters. The molecule has 8 aromatic carbocycles. The van der Waals surface area contributed by atoms with E-state index in [1.807, 2.05) is 34.8 Å². The van der Waals surface area contributed by atoms with Crippen LogP contribution in [-0.4, -0.2) is 16.2 Å². The van der Waals surface area contributed by atoms with Crippen LogP contribution in [0, 0.1) is 0 Å². The van der Waals surface area contributed by atoms with Crippen LogP contribution in [0.15, 0.2) is 192 Å². The average molecular weight is 765 g/mol. The fourth-order valence-corrected chi connectivity index (χ4v) is 11.1. The third kappa shape index (κ3) is 5.11. The molecule has 57 heavy (non-hydrogen) atoms. The zero-order chi connectivity index (χ0) is 37.5. The summed E-state index contributed by atoms with van der Waals surface area (Å²) in [7, 11) is 0. The van der Waals surface area contributed by atoms with Gasteiger partial charge in [-0.1, -0.05) is 140 Å². The Labute approximate surface area is 336 Å². The van der Waals surface area contributed by atoms with Gasteiger partial charge in [0.2, 0.25) is 0 Å². The zero-order valence-corrected chi connectivity index (χ0v) is 32.2. The van der Waals surface area contributed by atoms with E-state index in [9.17, 15) is 0 Å². The van der Waals surface area contributed by atoms with Crippen LogP contribution in [0.4, 0.5) is 0 Å². The van der Waals surface area contributed by atoms with Gasteiger partial charge >= 0.3 is 0 Å². The molecule has 1 aliphatic heterocycles. The summed E-state index contributed by atoms with van der Waals surface area (Å²) in [6.45, 7) is 0. The minimum absolute atomic E-state index is 0.295. The van der Waals surface area contributed by atoms with Crippen molar-refractivity contribution in [3.05, 3.63) is 199 Å². The Morgan fingerprint density at radius 1 is 0.474 bits per heavy atom. The van der Waals surface area contributed by atoms with Gasteiger partial charge in [-0.15, -0.1) is 22.7 Å². The molecule has 0 spiro atoms. The summed E-state index contributed by atoms with van der Waals surface area (Å²) in [5, 5.41) is 11.1. The molecule has 4 nitrogen and oxygen atoms in total. The Balaban J connectivity index is 1.16. The molecule has 3 aromatic heterocycles. The summed E-state index contributed by atoms with van der Waals surface area (Å²) in [6.07, 6.45) is -0.295. The lowest BCUT2D eigenvalue weighted by atomic mass is 9.96. The van der Waals surface area contributed by atoms with Gasteiger partial charge in [0.05, 0.1) is 21.4 Å². The molecule has 12 rings (SSSR count). The van der Waals surface area contributed by atoms with Gasteiger partial charge in [0.25, 0.3) is 0 Å². The van der Waals surface area contributed by atoms with Crippen molar-refractivity contribution >= 4 is 96.5 Å². The summed E-state index contributed by atoms with van der Waals surface area (Å²) < 4.78 is 7.52. The van der Waals surface area contributed by atoms with Crippen molar-refractivity contribution in [3.63, 3.8) is 0 Å². The summed E-state index contributed by atoms with van der Waals surface area (Å²) in [4.78, 5) is 10.7. The van der Waals surface area contributed by atoms with E-state index in [0.717, 1.165) is 28.4 Å². The Kier molecular flexibility index (Phi) is 7.30. The van der Waals surface area contributed by atoms with Crippen LogP contribution in [0.25, 0.3) is 79.0 Å². The van der Waals surface area contributed by atoms with Crippen LogP contribution in [0.1, 0.15) is 22.9 Å². The first kappa shape index (κ1) is 32.4. The number of amidine groups is 2. The molecule has 6 heteroatoms. The smallest absolute Gasteiger partial charge is 0.160 e. The molecule has 268 valence electrons. The Hall–Kier alpha value is -6.86. The first-order valence-corrected chi connectivity index (χ1v) is 20.8. The molecule has 0 saturated carbocycles. The van der Waals surface area contributed by atoms with Crippen LogP contribution in [0.3, 0.4) is 0 Å². The van der Waals surface area contributed by atoms with Crippen molar-refractivity contribution in [2.24, 2.45) is 9.98 Å². The van der Waals surface area contributed by atoms with Gasteiger partial charge in [-0.3, -0.25) is 0 Å². The Morgan fingerprint density at radius 2 is 1.12 bits per heavy atom. The third-order valence-corrected chi connectivity index (χ3v) is 13.7. The second kappa shape index (κ2) is 12.8. The molecule has 1 atom stereocenters. The fourth-order valence-electron chi connectivity index (χ4n) is 8.67. The van der Waals surface area contributed by atoms with Gasteiger partial charge in [-0.25, -0.2) is 9.98 Å². The minimum Gasteiger partial charge on any atom is -0.344 e. The number of rotatable bonds is 5. The van der Waals surface area contributed by atoms with Gasteiger partial charge in [0.15, 0.2) is 5.84 Å². The monoisotopic (exact) mass is 764 g/mol. The van der Waals surface area contributed by atoms with Crippen LogP contribution in [0.2, 0.25) is 0 Å². The van der Waals surface area contributed by atoms with E-state index in [4.69, 9.17) is 9.98 Å². The number of nitrogens with one attached hydrogen (secondary N) is 1. The highest BCUT2D eigenvalue weighted by Crippen LogP contribution is 2.47. The predicted molar refractivity (Wildman–Crippen MR) is 244 cm³/mol. The number of aromatic nitrogens is 1. The minimum atomic E-state index is -0.295. The molecule has 0 bridgehead atoms. The standard InChI is InChI=1S/C51H32N4S2/c1-3-14-31(15-4-1)49-52-50(32-16-5-2-6-17-32)54-51(53-49)39-28-27-34(33-26-29-45-40(30-33)37-20-9-12-25-44(37)56-45)48-46(39)38-21-13-24-43(47(38)57-48)55-41-22-10-7-18-35(41)36-19-8-11-23-42(36)55/h1-30,49H,(H,52,53,54). The van der Waals surface area contributed by atoms with Crippen molar-refractivity contribution in [2.45, 2.75) is 6.17 Å². The second-order valence-corrected chi connectivity index (χ2v) is 16.6. The first-order valence-electron chi connectivity index (χ1n) is 19.2. The number of thiophene rings is 2. The second-order valence-electron chi connectivity index (χ2n) is 14.5. The first-order chi connectivity index (χ1) is 28.3. The van der Waals surface area contributed by atoms with Crippen molar-refractivity contribution in [1.82, 2.24) is 9.88 Å². The maximum Gasteiger partial charge on any atom is 0.160 e. The molecular formula is C51H32N4S2. The molecule has 0 amide bonds. The lowest BCUT2D eigenvalue weighted by molar-refractivity contribution is 0.674. The van der Waals surface area contributed by atoms with Gasteiger partial charge in [-0.05, 0) is 59.2 Å². The predicted octanol–water partition coefficient (Wildman–Crippen LogP) is 13.7. The molecule has 0 fully saturated rings. The molecule has 0 saturated heterocycles. The third-order valence-electron chi connectivity index (χ3n) is 11.3. The van der Waals surface area contributed by atoms with E-state index in [-0.39, 0.29) is 6.17 Å². The Bertz CT molecular complexity index is 3390. The van der Waals surface area contributed by atoms with E-state index in [2.05, 4.69) is 180 Å². The maximum absolute atomic E-state index is 5.38. The lowest BCUT2D eigenvalue weighted by Gasteiger charge is -2.24. The van der Waals surface area contributed by atoms with Crippen LogP contribution in [-0.2, 0) is 0 Å². The van der Waals surface area contributed by atoms with Crippen molar-refractivity contribution in [2.75, 3.05) is 0 Å². The molecule has 4 heterocycles. The fraction of sp³-hybridized carbons (Fsp3) is 0.0196. The molecular weight excluding hydrogens is 733 g/mol. The number of aliphatic imine (C=N–C) groups is 2. The van der Waals surface area contributed by atoms with Crippen molar-refractivity contribution in [3.8, 4) is 16.8 Å². The van der Waals surface area contributed by atoms with E-state index >= 15 is 0 Å². The van der Waals surface area contributed by atoms with Gasteiger partial charge in [0, 0.05) is 57.5 Å². The number of hydrogen-bond donors (Lipinski definition) is 1. The maximum atomic E-state index is 5.38. The van der Waals surface area contributed by atoms with E-state index in [0.29, 0.717) is 0 Å². The van der Waals surface area contributed by atoms with Gasteiger partial charge < -0.3 is 9.88 Å². The van der Waals surface area contributed by atoms with Crippen LogP contribution < -0.4 is 5.32 Å².